The number of carbonyl (C=O) groups is 3. The topological polar surface area (TPSA) is 100 Å². The summed E-state index contributed by atoms with van der Waals surface area (Å²) in [6.45, 7) is 1.50. The van der Waals surface area contributed by atoms with Crippen molar-refractivity contribution in [3.05, 3.63) is 40.0 Å². The highest BCUT2D eigenvalue weighted by atomic mass is 35.5. The fraction of sp³-hybridized carbons (Fsp3) is 0.429. The van der Waals surface area contributed by atoms with Crippen LogP contribution in [0.3, 0.4) is 0 Å². The van der Waals surface area contributed by atoms with Crippen molar-refractivity contribution in [1.29, 1.82) is 0 Å². The minimum Gasteiger partial charge on any atom is -0.481 e. The molecule has 2 aromatic rings. The first-order valence-corrected chi connectivity index (χ1v) is 12.2. The van der Waals surface area contributed by atoms with E-state index in [2.05, 4.69) is 4.98 Å². The number of benzene rings is 1. The van der Waals surface area contributed by atoms with E-state index in [-0.39, 0.29) is 30.3 Å². The molecule has 0 saturated carbocycles. The Hall–Kier alpha value is -2.30. The number of rotatable bonds is 6. The van der Waals surface area contributed by atoms with Gasteiger partial charge in [0.15, 0.2) is 0 Å². The van der Waals surface area contributed by atoms with E-state index in [0.717, 1.165) is 21.9 Å². The van der Waals surface area contributed by atoms with Gasteiger partial charge in [-0.25, -0.2) is 9.78 Å². The number of carboxylic acids is 1. The Morgan fingerprint density at radius 2 is 2.16 bits per heavy atom. The number of aliphatic carboxylic acids is 1. The van der Waals surface area contributed by atoms with Crippen molar-refractivity contribution in [1.82, 2.24) is 9.88 Å². The van der Waals surface area contributed by atoms with E-state index in [4.69, 9.17) is 21.4 Å². The molecule has 2 aliphatic rings. The number of ether oxygens (including phenoxy) is 1. The Labute approximate surface area is 198 Å². The maximum atomic E-state index is 13.3. The van der Waals surface area contributed by atoms with Crippen LogP contribution in [-0.4, -0.2) is 65.5 Å². The predicted octanol–water partition coefficient (Wildman–Crippen LogP) is 3.66. The largest absolute Gasteiger partial charge is 0.481 e. The van der Waals surface area contributed by atoms with Gasteiger partial charge in [0.05, 0.1) is 30.4 Å². The summed E-state index contributed by atoms with van der Waals surface area (Å²) in [5.74, 6) is -0.445. The van der Waals surface area contributed by atoms with E-state index in [1.165, 1.54) is 30.2 Å². The molecule has 4 rings (SSSR count). The van der Waals surface area contributed by atoms with Crippen molar-refractivity contribution in [2.24, 2.45) is 0 Å². The Bertz CT molecular complexity index is 1060. The zero-order valence-electron chi connectivity index (χ0n) is 17.4. The van der Waals surface area contributed by atoms with Gasteiger partial charge in [0.25, 0.3) is 0 Å². The second-order valence-electron chi connectivity index (χ2n) is 7.81. The molecule has 1 N–H and O–H groups in total. The summed E-state index contributed by atoms with van der Waals surface area (Å²) in [5.41, 5.74) is 1.43. The summed E-state index contributed by atoms with van der Waals surface area (Å²) in [7, 11) is 1.37. The van der Waals surface area contributed by atoms with Crippen LogP contribution in [-0.2, 0) is 26.2 Å². The average molecular weight is 496 g/mol. The Morgan fingerprint density at radius 1 is 1.34 bits per heavy atom. The molecule has 1 aromatic heterocycles. The number of thioether (sulfide) groups is 1. The van der Waals surface area contributed by atoms with Crippen molar-refractivity contribution in [3.63, 3.8) is 0 Å². The number of hydrogen-bond donors (Lipinski definition) is 1. The molecule has 0 unspecified atom stereocenters. The highest BCUT2D eigenvalue weighted by molar-refractivity contribution is 8.01. The van der Waals surface area contributed by atoms with E-state index in [1.807, 2.05) is 12.1 Å². The average Bonchev–Trinajstić information content (AvgIpc) is 3.46. The quantitative estimate of drug-likeness (QED) is 0.610. The van der Waals surface area contributed by atoms with Crippen LogP contribution >= 0.6 is 34.7 Å². The molecule has 1 aromatic carbocycles. The van der Waals surface area contributed by atoms with Gasteiger partial charge in [-0.2, -0.15) is 0 Å². The van der Waals surface area contributed by atoms with Crippen molar-refractivity contribution < 1.29 is 24.2 Å². The van der Waals surface area contributed by atoms with Gasteiger partial charge >= 0.3 is 12.1 Å². The summed E-state index contributed by atoms with van der Waals surface area (Å²) >= 11 is 9.11. The lowest BCUT2D eigenvalue weighted by Crippen LogP contribution is -2.40. The number of nitrogens with zero attached hydrogens (tertiary/aromatic N) is 3. The third kappa shape index (κ3) is 4.57. The summed E-state index contributed by atoms with van der Waals surface area (Å²) in [6.07, 6.45) is 2.27. The van der Waals surface area contributed by atoms with Crippen LogP contribution in [0.1, 0.15) is 23.4 Å². The maximum absolute atomic E-state index is 13.3. The minimum atomic E-state index is -0.836. The Kier molecular flexibility index (Phi) is 6.64. The molecule has 0 radical (unpaired) electrons. The Balaban J connectivity index is 1.50. The minimum absolute atomic E-state index is 0.0709. The van der Waals surface area contributed by atoms with Gasteiger partial charge in [0, 0.05) is 41.5 Å². The number of methoxy groups -OCH3 is 1. The second kappa shape index (κ2) is 9.29. The molecule has 32 heavy (non-hydrogen) atoms. The molecule has 0 aliphatic carbocycles. The highest BCUT2D eigenvalue weighted by Crippen LogP contribution is 2.47. The fourth-order valence-corrected chi connectivity index (χ4v) is 6.47. The van der Waals surface area contributed by atoms with Crippen LogP contribution in [0.4, 0.5) is 10.5 Å². The van der Waals surface area contributed by atoms with E-state index in [0.29, 0.717) is 35.4 Å². The molecule has 1 atom stereocenters. The zero-order chi connectivity index (χ0) is 22.9. The number of fused-ring (bicyclic) bond motifs is 2. The highest BCUT2D eigenvalue weighted by Gasteiger charge is 2.50. The van der Waals surface area contributed by atoms with Crippen molar-refractivity contribution >= 4 is 58.4 Å². The molecule has 0 bridgehead atoms. The van der Waals surface area contributed by atoms with Crippen LogP contribution in [0.15, 0.2) is 28.6 Å². The van der Waals surface area contributed by atoms with Gasteiger partial charge in [0.1, 0.15) is 5.01 Å². The summed E-state index contributed by atoms with van der Waals surface area (Å²) in [4.78, 5) is 43.8. The third-order valence-corrected chi connectivity index (χ3v) is 8.19. The van der Waals surface area contributed by atoms with Crippen LogP contribution in [0, 0.1) is 0 Å². The summed E-state index contributed by atoms with van der Waals surface area (Å²) in [6, 6.07) is 5.53. The number of halogens is 1. The number of likely N-dealkylation sites (tertiary alicyclic amines) is 1. The van der Waals surface area contributed by atoms with E-state index >= 15 is 0 Å². The van der Waals surface area contributed by atoms with Crippen LogP contribution < -0.4 is 4.90 Å². The lowest BCUT2D eigenvalue weighted by atomic mass is 9.81. The van der Waals surface area contributed by atoms with Crippen LogP contribution in [0.5, 0.6) is 0 Å². The number of aromatic nitrogens is 1. The standard InChI is InChI=1S/C21H22ClN3O5S2/c1-30-20(29)24-6-5-21(11-24)12-25(15-3-2-13(22)8-14(15)21)17(26)9-16-23-10-19(32-16)31-7-4-18(27)28/h2-3,8,10H,4-7,9,11-12H2,1H3,(H,27,28)/t21-/m1/s1. The molecule has 1 fully saturated rings. The molecule has 3 heterocycles. The molecule has 8 nitrogen and oxygen atoms in total. The maximum Gasteiger partial charge on any atom is 0.409 e. The monoisotopic (exact) mass is 495 g/mol. The van der Waals surface area contributed by atoms with Gasteiger partial charge in [-0.1, -0.05) is 11.6 Å². The number of hydrogen-bond acceptors (Lipinski definition) is 7. The van der Waals surface area contributed by atoms with Gasteiger partial charge in [-0.15, -0.1) is 23.1 Å². The van der Waals surface area contributed by atoms with Gasteiger partial charge in [-0.3, -0.25) is 9.59 Å². The van der Waals surface area contributed by atoms with E-state index < -0.39 is 5.97 Å². The first-order valence-electron chi connectivity index (χ1n) is 10.0. The number of amides is 2. The smallest absolute Gasteiger partial charge is 0.409 e. The van der Waals surface area contributed by atoms with Crippen LogP contribution in [0.25, 0.3) is 0 Å². The number of anilines is 1. The van der Waals surface area contributed by atoms with Crippen molar-refractivity contribution in [2.45, 2.75) is 28.9 Å². The first-order chi connectivity index (χ1) is 15.3. The van der Waals surface area contributed by atoms with E-state index in [1.54, 1.807) is 22.1 Å². The van der Waals surface area contributed by atoms with Gasteiger partial charge in [0.2, 0.25) is 5.91 Å². The van der Waals surface area contributed by atoms with E-state index in [9.17, 15) is 14.4 Å². The number of carboxylic acid groups (broad SMARTS) is 1. The van der Waals surface area contributed by atoms with Crippen molar-refractivity contribution in [2.75, 3.05) is 37.4 Å². The zero-order valence-corrected chi connectivity index (χ0v) is 19.8. The number of thiazole rings is 1. The normalized spacial score (nSPS) is 19.4. The van der Waals surface area contributed by atoms with Gasteiger partial charge < -0.3 is 19.6 Å². The molecule has 170 valence electrons. The molecule has 2 amide bonds. The molecular weight excluding hydrogens is 474 g/mol. The lowest BCUT2D eigenvalue weighted by molar-refractivity contribution is -0.136. The molecule has 2 aliphatic heterocycles. The lowest BCUT2D eigenvalue weighted by Gasteiger charge is -2.25. The predicted molar refractivity (Wildman–Crippen MR) is 123 cm³/mol. The SMILES string of the molecule is COC(=O)N1CC[C@@]2(C1)CN(C(=O)Cc1ncc(SCCC(=O)O)s1)c1ccc(Cl)cc12. The van der Waals surface area contributed by atoms with Gasteiger partial charge in [-0.05, 0) is 30.2 Å². The summed E-state index contributed by atoms with van der Waals surface area (Å²) < 4.78 is 5.78. The fourth-order valence-electron chi connectivity index (χ4n) is 4.28. The second-order valence-corrected chi connectivity index (χ2v) is 10.8. The Morgan fingerprint density at radius 3 is 2.91 bits per heavy atom. The van der Waals surface area contributed by atoms with Crippen molar-refractivity contribution in [3.8, 4) is 0 Å². The molecule has 1 saturated heterocycles. The number of carbonyl (C=O) groups excluding carboxylic acids is 2. The molecular formula is C21H22ClN3O5S2. The molecule has 1 spiro atoms. The first kappa shape index (κ1) is 22.9. The third-order valence-electron chi connectivity index (χ3n) is 5.76. The van der Waals surface area contributed by atoms with Crippen LogP contribution in [0.2, 0.25) is 5.02 Å². The summed E-state index contributed by atoms with van der Waals surface area (Å²) in [5, 5.41) is 10.1. The molecule has 11 heteroatoms.